The molecule has 7 heteroatoms. The van der Waals surface area contributed by atoms with E-state index in [0.717, 1.165) is 45.5 Å². The van der Waals surface area contributed by atoms with Crippen molar-refractivity contribution < 1.29 is 19.5 Å². The van der Waals surface area contributed by atoms with Crippen molar-refractivity contribution >= 4 is 22.7 Å². The van der Waals surface area contributed by atoms with Crippen molar-refractivity contribution in [3.8, 4) is 5.75 Å². The predicted molar refractivity (Wildman–Crippen MR) is 149 cm³/mol. The molecule has 1 aromatic heterocycles. The van der Waals surface area contributed by atoms with Crippen LogP contribution in [0.25, 0.3) is 10.9 Å². The Morgan fingerprint density at radius 1 is 1.03 bits per heavy atom. The average molecular weight is 524 g/mol. The number of likely N-dealkylation sites (N-methyl/N-ethyl adjacent to an activating group) is 1. The van der Waals surface area contributed by atoms with Crippen molar-refractivity contribution in [1.82, 2.24) is 15.4 Å². The molecule has 200 valence electrons. The number of aryl methyl sites for hydroxylation is 1. The summed E-state index contributed by atoms with van der Waals surface area (Å²) in [6.07, 6.45) is 1.54. The number of nitrogens with one attached hydrogen (secondary N) is 1. The van der Waals surface area contributed by atoms with Crippen LogP contribution < -0.4 is 10.2 Å². The summed E-state index contributed by atoms with van der Waals surface area (Å²) in [5.74, 6) is -0.432. The standard InChI is InChI=1S/C32H33N3O4/c1-22-18-25(27-10-6-7-11-29(27)33-22)21-39-26-14-12-24(13-15-26)19-32(20-28(32)30(36)34-38)31(37)35(2)17-16-23-8-4-3-5-9-23/h3-15,18,28,38H,16-17,19-21H2,1-2H3,(H,34,36). The summed E-state index contributed by atoms with van der Waals surface area (Å²) >= 11 is 0. The Kier molecular flexibility index (Phi) is 7.61. The third-order valence-electron chi connectivity index (χ3n) is 7.62. The summed E-state index contributed by atoms with van der Waals surface area (Å²) in [6, 6.07) is 27.7. The highest BCUT2D eigenvalue weighted by Gasteiger charge is 2.63. The lowest BCUT2D eigenvalue weighted by Crippen LogP contribution is -2.39. The number of hydrogen-bond acceptors (Lipinski definition) is 5. The van der Waals surface area contributed by atoms with Crippen molar-refractivity contribution in [3.05, 3.63) is 107 Å². The molecule has 2 atom stereocenters. The minimum absolute atomic E-state index is 0.0766. The highest BCUT2D eigenvalue weighted by atomic mass is 16.5. The third-order valence-corrected chi connectivity index (χ3v) is 7.62. The molecule has 7 nitrogen and oxygen atoms in total. The van der Waals surface area contributed by atoms with Gasteiger partial charge in [0.2, 0.25) is 11.8 Å². The molecule has 0 bridgehead atoms. The Bertz CT molecular complexity index is 1470. The lowest BCUT2D eigenvalue weighted by Gasteiger charge is -2.25. The second kappa shape index (κ2) is 11.3. The summed E-state index contributed by atoms with van der Waals surface area (Å²) in [5, 5.41) is 10.3. The van der Waals surface area contributed by atoms with Crippen LogP contribution in [0.3, 0.4) is 0 Å². The molecule has 0 radical (unpaired) electrons. The zero-order valence-corrected chi connectivity index (χ0v) is 22.3. The first-order valence-corrected chi connectivity index (χ1v) is 13.2. The Balaban J connectivity index is 1.26. The summed E-state index contributed by atoms with van der Waals surface area (Å²) in [5.41, 5.74) is 5.92. The molecule has 2 amide bonds. The van der Waals surface area contributed by atoms with E-state index in [-0.39, 0.29) is 5.91 Å². The fourth-order valence-corrected chi connectivity index (χ4v) is 5.40. The van der Waals surface area contributed by atoms with Gasteiger partial charge in [-0.05, 0) is 61.6 Å². The van der Waals surface area contributed by atoms with E-state index in [1.807, 2.05) is 91.9 Å². The molecule has 0 spiro atoms. The number of hydrogen-bond donors (Lipinski definition) is 2. The molecule has 1 heterocycles. The molecule has 5 rings (SSSR count). The third kappa shape index (κ3) is 5.78. The van der Waals surface area contributed by atoms with Gasteiger partial charge in [0.05, 0.1) is 16.8 Å². The number of carbonyl (C=O) groups is 2. The molecule has 3 aromatic carbocycles. The molecule has 0 saturated heterocycles. The largest absolute Gasteiger partial charge is 0.489 e. The van der Waals surface area contributed by atoms with E-state index in [4.69, 9.17) is 4.74 Å². The second-order valence-corrected chi connectivity index (χ2v) is 10.4. The minimum Gasteiger partial charge on any atom is -0.489 e. The topological polar surface area (TPSA) is 91.8 Å². The van der Waals surface area contributed by atoms with E-state index in [9.17, 15) is 14.8 Å². The van der Waals surface area contributed by atoms with Gasteiger partial charge >= 0.3 is 0 Å². The van der Waals surface area contributed by atoms with Gasteiger partial charge in [0.15, 0.2) is 0 Å². The highest BCUT2D eigenvalue weighted by molar-refractivity contribution is 5.95. The second-order valence-electron chi connectivity index (χ2n) is 10.4. The lowest BCUT2D eigenvalue weighted by atomic mass is 9.91. The van der Waals surface area contributed by atoms with E-state index >= 15 is 0 Å². The number of amides is 2. The molecule has 1 fully saturated rings. The van der Waals surface area contributed by atoms with E-state index in [1.54, 1.807) is 17.4 Å². The number of para-hydroxylation sites is 1. The summed E-state index contributed by atoms with van der Waals surface area (Å²) in [6.45, 7) is 2.94. The molecule has 1 saturated carbocycles. The van der Waals surface area contributed by atoms with Crippen LogP contribution in [0.15, 0.2) is 84.9 Å². The molecular weight excluding hydrogens is 490 g/mol. The van der Waals surface area contributed by atoms with Crippen molar-refractivity contribution in [2.24, 2.45) is 11.3 Å². The van der Waals surface area contributed by atoms with Gasteiger partial charge in [-0.25, -0.2) is 5.48 Å². The Morgan fingerprint density at radius 3 is 2.49 bits per heavy atom. The van der Waals surface area contributed by atoms with Crippen molar-refractivity contribution in [1.29, 1.82) is 0 Å². The maximum absolute atomic E-state index is 13.6. The summed E-state index contributed by atoms with van der Waals surface area (Å²) in [7, 11) is 1.78. The fraction of sp³-hybridized carbons (Fsp3) is 0.281. The van der Waals surface area contributed by atoms with E-state index in [2.05, 4.69) is 4.98 Å². The van der Waals surface area contributed by atoms with Gasteiger partial charge in [-0.1, -0.05) is 60.7 Å². The number of rotatable bonds is 10. The predicted octanol–water partition coefficient (Wildman–Crippen LogP) is 4.88. The number of ether oxygens (including phenoxy) is 1. The van der Waals surface area contributed by atoms with Gasteiger partial charge < -0.3 is 9.64 Å². The lowest BCUT2D eigenvalue weighted by molar-refractivity contribution is -0.140. The number of fused-ring (bicyclic) bond motifs is 1. The van der Waals surface area contributed by atoms with Crippen LogP contribution >= 0.6 is 0 Å². The van der Waals surface area contributed by atoms with Crippen LogP contribution in [0.4, 0.5) is 0 Å². The average Bonchev–Trinajstić information content (AvgIpc) is 3.70. The van der Waals surface area contributed by atoms with Gasteiger partial charge in [-0.3, -0.25) is 19.8 Å². The normalized spacial score (nSPS) is 18.0. The van der Waals surface area contributed by atoms with Crippen LogP contribution in [-0.2, 0) is 29.0 Å². The SMILES string of the molecule is Cc1cc(COc2ccc(CC3(C(=O)N(C)CCc4ccccc4)CC3C(=O)NO)cc2)c2ccccc2n1. The maximum atomic E-state index is 13.6. The molecule has 1 aliphatic carbocycles. The number of benzene rings is 3. The molecule has 1 aliphatic rings. The smallest absolute Gasteiger partial charge is 0.247 e. The first-order chi connectivity index (χ1) is 18.9. The maximum Gasteiger partial charge on any atom is 0.247 e. The van der Waals surface area contributed by atoms with E-state index in [0.29, 0.717) is 26.0 Å². The van der Waals surface area contributed by atoms with E-state index in [1.165, 1.54) is 0 Å². The summed E-state index contributed by atoms with van der Waals surface area (Å²) < 4.78 is 6.09. The zero-order valence-electron chi connectivity index (χ0n) is 22.3. The van der Waals surface area contributed by atoms with Crippen molar-refractivity contribution in [2.45, 2.75) is 32.8 Å². The zero-order chi connectivity index (χ0) is 27.4. The molecule has 4 aromatic rings. The fourth-order valence-electron chi connectivity index (χ4n) is 5.40. The van der Waals surface area contributed by atoms with Gasteiger partial charge in [0.1, 0.15) is 12.4 Å². The van der Waals surface area contributed by atoms with Gasteiger partial charge in [0.25, 0.3) is 0 Å². The Morgan fingerprint density at radius 2 is 1.74 bits per heavy atom. The number of pyridine rings is 1. The number of carbonyl (C=O) groups excluding carboxylic acids is 2. The highest BCUT2D eigenvalue weighted by Crippen LogP contribution is 2.56. The van der Waals surface area contributed by atoms with Crippen LogP contribution in [0.1, 0.15) is 28.8 Å². The van der Waals surface area contributed by atoms with Crippen LogP contribution in [0.2, 0.25) is 0 Å². The van der Waals surface area contributed by atoms with Gasteiger partial charge in [-0.2, -0.15) is 0 Å². The Labute approximate surface area is 228 Å². The molecule has 39 heavy (non-hydrogen) atoms. The van der Waals surface area contributed by atoms with Crippen LogP contribution in [0, 0.1) is 18.3 Å². The summed E-state index contributed by atoms with van der Waals surface area (Å²) in [4.78, 5) is 32.2. The minimum atomic E-state index is -0.867. The Hall–Kier alpha value is -4.23. The quantitative estimate of drug-likeness (QED) is 0.228. The first-order valence-electron chi connectivity index (χ1n) is 13.2. The number of nitrogens with zero attached hydrogens (tertiary/aromatic N) is 2. The van der Waals surface area contributed by atoms with Crippen LogP contribution in [-0.4, -0.2) is 40.5 Å². The van der Waals surface area contributed by atoms with Gasteiger partial charge in [-0.15, -0.1) is 0 Å². The van der Waals surface area contributed by atoms with Crippen LogP contribution in [0.5, 0.6) is 5.75 Å². The monoisotopic (exact) mass is 523 g/mol. The molecule has 2 N–H and O–H groups in total. The van der Waals surface area contributed by atoms with Gasteiger partial charge in [0, 0.05) is 30.2 Å². The molecular formula is C32H33N3O4. The van der Waals surface area contributed by atoms with Crippen molar-refractivity contribution in [3.63, 3.8) is 0 Å². The number of aromatic nitrogens is 1. The molecule has 2 unspecified atom stereocenters. The van der Waals surface area contributed by atoms with Crippen molar-refractivity contribution in [2.75, 3.05) is 13.6 Å². The first kappa shape index (κ1) is 26.4. The molecule has 0 aliphatic heterocycles. The van der Waals surface area contributed by atoms with E-state index < -0.39 is 17.2 Å². The number of hydroxylamine groups is 1.